The van der Waals surface area contributed by atoms with Crippen molar-refractivity contribution >= 4 is 5.97 Å². The third-order valence-electron chi connectivity index (χ3n) is 4.34. The molecule has 1 N–H and O–H groups in total. The smallest absolute Gasteiger partial charge is 0.321 e. The number of aliphatic carboxylic acids is 1. The Balaban J connectivity index is 2.04. The number of hydrogen-bond donors (Lipinski definition) is 1. The summed E-state index contributed by atoms with van der Waals surface area (Å²) in [4.78, 5) is 15.9. The fourth-order valence-corrected chi connectivity index (χ4v) is 2.77. The van der Waals surface area contributed by atoms with Crippen LogP contribution >= 0.6 is 0 Å². The molecule has 0 aromatic heterocycles. The average Bonchev–Trinajstić information content (AvgIpc) is 2.46. The molecule has 116 valence electrons. The van der Waals surface area contributed by atoms with Gasteiger partial charge in [0.25, 0.3) is 0 Å². The van der Waals surface area contributed by atoms with Crippen LogP contribution in [0.3, 0.4) is 0 Å². The van der Waals surface area contributed by atoms with Gasteiger partial charge in [0.15, 0.2) is 0 Å². The Morgan fingerprint density at radius 2 is 1.71 bits per heavy atom. The molecule has 0 unspecified atom stereocenters. The molecule has 0 bridgehead atoms. The topological polar surface area (TPSA) is 43.8 Å². The van der Waals surface area contributed by atoms with Crippen molar-refractivity contribution in [1.29, 1.82) is 0 Å². The van der Waals surface area contributed by atoms with E-state index in [-0.39, 0.29) is 0 Å². The first-order valence-electron chi connectivity index (χ1n) is 7.71. The maximum atomic E-state index is 11.6. The Hall–Kier alpha value is -1.39. The van der Waals surface area contributed by atoms with Gasteiger partial charge >= 0.3 is 5.97 Å². The number of piperazine rings is 1. The van der Waals surface area contributed by atoms with E-state index in [2.05, 4.69) is 55.0 Å². The largest absolute Gasteiger partial charge is 0.480 e. The van der Waals surface area contributed by atoms with Crippen LogP contribution < -0.4 is 0 Å². The van der Waals surface area contributed by atoms with Gasteiger partial charge in [-0.05, 0) is 30.5 Å². The van der Waals surface area contributed by atoms with Crippen LogP contribution in [0.5, 0.6) is 0 Å². The molecular weight excluding hydrogens is 264 g/mol. The maximum absolute atomic E-state index is 11.6. The molecule has 1 saturated heterocycles. The summed E-state index contributed by atoms with van der Waals surface area (Å²) in [5.74, 6) is -0.209. The van der Waals surface area contributed by atoms with Crippen molar-refractivity contribution < 1.29 is 9.90 Å². The number of carboxylic acid groups (broad SMARTS) is 1. The number of rotatable bonds is 5. The molecule has 21 heavy (non-hydrogen) atoms. The molecule has 0 aliphatic carbocycles. The Morgan fingerprint density at radius 3 is 2.19 bits per heavy atom. The van der Waals surface area contributed by atoms with Crippen molar-refractivity contribution in [2.24, 2.45) is 0 Å². The van der Waals surface area contributed by atoms with Crippen molar-refractivity contribution in [3.05, 3.63) is 35.4 Å². The molecule has 1 fully saturated rings. The van der Waals surface area contributed by atoms with E-state index in [9.17, 15) is 9.90 Å². The van der Waals surface area contributed by atoms with E-state index < -0.39 is 12.0 Å². The Labute approximate surface area is 127 Å². The molecule has 0 spiro atoms. The minimum atomic E-state index is -0.715. The van der Waals surface area contributed by atoms with E-state index in [1.807, 2.05) is 0 Å². The fraction of sp³-hybridized carbons (Fsp3) is 0.588. The normalized spacial score (nSPS) is 18.9. The van der Waals surface area contributed by atoms with E-state index in [1.165, 1.54) is 5.56 Å². The first-order chi connectivity index (χ1) is 9.97. The van der Waals surface area contributed by atoms with Gasteiger partial charge in [0, 0.05) is 26.2 Å². The van der Waals surface area contributed by atoms with Crippen LogP contribution in [0.25, 0.3) is 0 Å². The second-order valence-corrected chi connectivity index (χ2v) is 6.29. The van der Waals surface area contributed by atoms with Gasteiger partial charge in [-0.1, -0.05) is 38.1 Å². The highest BCUT2D eigenvalue weighted by molar-refractivity contribution is 5.74. The molecule has 1 aliphatic heterocycles. The molecule has 4 heteroatoms. The molecule has 0 saturated carbocycles. The molecule has 1 heterocycles. The number of carbonyl (C=O) groups is 1. The van der Waals surface area contributed by atoms with Crippen LogP contribution in [0.1, 0.15) is 30.9 Å². The first-order valence-corrected chi connectivity index (χ1v) is 7.71. The van der Waals surface area contributed by atoms with Crippen LogP contribution in [0.4, 0.5) is 0 Å². The molecule has 1 aliphatic rings. The van der Waals surface area contributed by atoms with Crippen molar-refractivity contribution in [2.45, 2.75) is 32.2 Å². The monoisotopic (exact) mass is 290 g/mol. The number of carboxylic acids is 1. The molecular formula is C17H26N2O2. The Bertz CT molecular complexity index is 462. The summed E-state index contributed by atoms with van der Waals surface area (Å²) in [5, 5.41) is 9.54. The van der Waals surface area contributed by atoms with Gasteiger partial charge in [0.05, 0.1) is 0 Å². The van der Waals surface area contributed by atoms with Crippen LogP contribution in [0.2, 0.25) is 0 Å². The van der Waals surface area contributed by atoms with Crippen molar-refractivity contribution in [1.82, 2.24) is 9.80 Å². The van der Waals surface area contributed by atoms with Gasteiger partial charge in [-0.15, -0.1) is 0 Å². The predicted octanol–water partition coefficient (Wildman–Crippen LogP) is 2.05. The number of nitrogens with zero attached hydrogens (tertiary/aromatic N) is 2. The van der Waals surface area contributed by atoms with Crippen molar-refractivity contribution in [3.63, 3.8) is 0 Å². The summed E-state index contributed by atoms with van der Waals surface area (Å²) < 4.78 is 0. The summed E-state index contributed by atoms with van der Waals surface area (Å²) in [6.07, 6.45) is 0.581. The molecule has 0 amide bonds. The highest BCUT2D eigenvalue weighted by atomic mass is 16.4. The van der Waals surface area contributed by atoms with Gasteiger partial charge in [0.1, 0.15) is 6.04 Å². The zero-order chi connectivity index (χ0) is 15.4. The van der Waals surface area contributed by atoms with Crippen LogP contribution in [-0.2, 0) is 11.2 Å². The summed E-state index contributed by atoms with van der Waals surface area (Å²) in [5.41, 5.74) is 2.40. The standard InChI is InChI=1S/C17H26N2O2/c1-13(2)15-6-4-14(5-7-15)12-16(17(20)21)19-10-8-18(3)9-11-19/h4-7,13,16H,8-12H2,1-3H3,(H,20,21)/t16-/m1/s1. The lowest BCUT2D eigenvalue weighted by molar-refractivity contribution is -0.144. The summed E-state index contributed by atoms with van der Waals surface area (Å²) in [7, 11) is 2.08. The molecule has 1 atom stereocenters. The third-order valence-corrected chi connectivity index (χ3v) is 4.34. The first kappa shape index (κ1) is 16.0. The minimum absolute atomic E-state index is 0.413. The zero-order valence-electron chi connectivity index (χ0n) is 13.2. The number of likely N-dealkylation sites (N-methyl/N-ethyl adjacent to an activating group) is 1. The van der Waals surface area contributed by atoms with Gasteiger partial charge in [-0.2, -0.15) is 0 Å². The highest BCUT2D eigenvalue weighted by Crippen LogP contribution is 2.17. The third kappa shape index (κ3) is 4.29. The predicted molar refractivity (Wildman–Crippen MR) is 84.7 cm³/mol. The Kier molecular flexibility index (Phi) is 5.37. The van der Waals surface area contributed by atoms with E-state index in [0.29, 0.717) is 12.3 Å². The molecule has 0 radical (unpaired) electrons. The summed E-state index contributed by atoms with van der Waals surface area (Å²) in [6.45, 7) is 7.87. The van der Waals surface area contributed by atoms with Crippen LogP contribution in [0.15, 0.2) is 24.3 Å². The maximum Gasteiger partial charge on any atom is 0.321 e. The molecule has 4 nitrogen and oxygen atoms in total. The van der Waals surface area contributed by atoms with Crippen LogP contribution in [0, 0.1) is 0 Å². The lowest BCUT2D eigenvalue weighted by Gasteiger charge is -2.36. The highest BCUT2D eigenvalue weighted by Gasteiger charge is 2.28. The second-order valence-electron chi connectivity index (χ2n) is 6.29. The Morgan fingerprint density at radius 1 is 1.14 bits per heavy atom. The second kappa shape index (κ2) is 7.05. The number of benzene rings is 1. The fourth-order valence-electron chi connectivity index (χ4n) is 2.77. The van der Waals surface area contributed by atoms with Crippen molar-refractivity contribution in [3.8, 4) is 0 Å². The summed E-state index contributed by atoms with van der Waals surface area (Å²) >= 11 is 0. The van der Waals surface area contributed by atoms with E-state index in [1.54, 1.807) is 0 Å². The SMILES string of the molecule is CC(C)c1ccc(C[C@H](C(=O)O)N2CCN(C)CC2)cc1. The van der Waals surface area contributed by atoms with E-state index in [4.69, 9.17) is 0 Å². The van der Waals surface area contributed by atoms with Gasteiger partial charge < -0.3 is 10.0 Å². The lowest BCUT2D eigenvalue weighted by Crippen LogP contribution is -2.52. The number of hydrogen-bond acceptors (Lipinski definition) is 3. The van der Waals surface area contributed by atoms with Gasteiger partial charge in [-0.3, -0.25) is 9.69 Å². The van der Waals surface area contributed by atoms with Gasteiger partial charge in [-0.25, -0.2) is 0 Å². The van der Waals surface area contributed by atoms with E-state index in [0.717, 1.165) is 31.7 Å². The quantitative estimate of drug-likeness (QED) is 0.901. The molecule has 2 rings (SSSR count). The van der Waals surface area contributed by atoms with E-state index >= 15 is 0 Å². The molecule has 1 aromatic carbocycles. The lowest BCUT2D eigenvalue weighted by atomic mass is 9.98. The minimum Gasteiger partial charge on any atom is -0.480 e. The zero-order valence-corrected chi connectivity index (χ0v) is 13.2. The molecule has 1 aromatic rings. The average molecular weight is 290 g/mol. The van der Waals surface area contributed by atoms with Crippen LogP contribution in [-0.4, -0.2) is 60.1 Å². The van der Waals surface area contributed by atoms with Crippen molar-refractivity contribution in [2.75, 3.05) is 33.2 Å². The summed E-state index contributed by atoms with van der Waals surface area (Å²) in [6, 6.07) is 7.96. The van der Waals surface area contributed by atoms with Gasteiger partial charge in [0.2, 0.25) is 0 Å².